The summed E-state index contributed by atoms with van der Waals surface area (Å²) < 4.78 is 4.77. The quantitative estimate of drug-likeness (QED) is 0.778. The predicted molar refractivity (Wildman–Crippen MR) is 58.9 cm³/mol. The van der Waals surface area contributed by atoms with Crippen molar-refractivity contribution in [3.05, 3.63) is 5.51 Å². The Morgan fingerprint density at radius 2 is 2.47 bits per heavy atom. The molecule has 0 bridgehead atoms. The van der Waals surface area contributed by atoms with E-state index in [0.717, 1.165) is 6.42 Å². The smallest absolute Gasteiger partial charge is 0.331 e. The Labute approximate surface area is 92.9 Å². The van der Waals surface area contributed by atoms with Crippen LogP contribution in [0.3, 0.4) is 0 Å². The highest BCUT2D eigenvalue weighted by Gasteiger charge is 2.34. The second kappa shape index (κ2) is 5.06. The van der Waals surface area contributed by atoms with E-state index in [9.17, 15) is 4.79 Å². The van der Waals surface area contributed by atoms with Crippen LogP contribution >= 0.6 is 11.3 Å². The van der Waals surface area contributed by atoms with Gasteiger partial charge >= 0.3 is 5.97 Å². The van der Waals surface area contributed by atoms with E-state index in [-0.39, 0.29) is 5.97 Å². The number of aromatic nitrogens is 2. The van der Waals surface area contributed by atoms with Gasteiger partial charge in [-0.2, -0.15) is 0 Å². The Kier molecular flexibility index (Phi) is 4.02. The van der Waals surface area contributed by atoms with Crippen LogP contribution in [0, 0.1) is 0 Å². The van der Waals surface area contributed by atoms with Gasteiger partial charge in [-0.15, -0.1) is 10.2 Å². The molecule has 0 aliphatic carbocycles. The molecular formula is C9H15N3O2S. The normalized spacial score (nSPS) is 14.3. The zero-order valence-electron chi connectivity index (χ0n) is 9.11. The van der Waals surface area contributed by atoms with Crippen molar-refractivity contribution in [1.82, 2.24) is 10.2 Å². The van der Waals surface area contributed by atoms with Crippen LogP contribution in [0.25, 0.3) is 0 Å². The minimum Gasteiger partial charge on any atom is -0.467 e. The molecule has 0 aliphatic rings. The first-order valence-corrected chi connectivity index (χ1v) is 5.63. The number of methoxy groups -OCH3 is 1. The number of carbonyl (C=O) groups is 1. The number of anilines is 1. The number of esters is 1. The van der Waals surface area contributed by atoms with E-state index in [4.69, 9.17) is 4.74 Å². The summed E-state index contributed by atoms with van der Waals surface area (Å²) in [7, 11) is 1.39. The van der Waals surface area contributed by atoms with Crippen molar-refractivity contribution in [2.24, 2.45) is 0 Å². The van der Waals surface area contributed by atoms with Crippen molar-refractivity contribution in [2.75, 3.05) is 12.4 Å². The van der Waals surface area contributed by atoms with Crippen molar-refractivity contribution < 1.29 is 9.53 Å². The molecule has 0 spiro atoms. The van der Waals surface area contributed by atoms with E-state index in [1.807, 2.05) is 13.8 Å². The zero-order valence-corrected chi connectivity index (χ0v) is 9.93. The maximum atomic E-state index is 11.6. The maximum Gasteiger partial charge on any atom is 0.331 e. The lowest BCUT2D eigenvalue weighted by Crippen LogP contribution is -2.44. The summed E-state index contributed by atoms with van der Waals surface area (Å²) in [5, 5.41) is 11.2. The SMILES string of the molecule is CCCC(C)(Nc1nncs1)C(=O)OC. The summed E-state index contributed by atoms with van der Waals surface area (Å²) in [4.78, 5) is 11.6. The molecule has 0 saturated heterocycles. The Bertz CT molecular complexity index is 315. The fourth-order valence-electron chi connectivity index (χ4n) is 1.40. The van der Waals surface area contributed by atoms with E-state index < -0.39 is 5.54 Å². The zero-order chi connectivity index (χ0) is 11.3. The topological polar surface area (TPSA) is 64.1 Å². The largest absolute Gasteiger partial charge is 0.467 e. The van der Waals surface area contributed by atoms with Gasteiger partial charge < -0.3 is 10.1 Å². The molecule has 1 aromatic heterocycles. The van der Waals surface area contributed by atoms with Crippen LogP contribution in [0.15, 0.2) is 5.51 Å². The summed E-state index contributed by atoms with van der Waals surface area (Å²) in [6.45, 7) is 3.83. The third kappa shape index (κ3) is 2.89. The second-order valence-corrected chi connectivity index (χ2v) is 4.28. The Hall–Kier alpha value is -1.17. The number of carbonyl (C=O) groups excluding carboxylic acids is 1. The maximum absolute atomic E-state index is 11.6. The van der Waals surface area contributed by atoms with Crippen molar-refractivity contribution >= 4 is 22.4 Å². The standard InChI is InChI=1S/C9H15N3O2S/c1-4-5-9(2,7(13)14-3)11-8-12-10-6-15-8/h6H,4-5H2,1-3H3,(H,11,12). The first-order valence-electron chi connectivity index (χ1n) is 4.75. The summed E-state index contributed by atoms with van der Waals surface area (Å²) in [6.07, 6.45) is 1.58. The number of hydrogen-bond acceptors (Lipinski definition) is 6. The number of nitrogens with one attached hydrogen (secondary N) is 1. The van der Waals surface area contributed by atoms with Crippen molar-refractivity contribution in [3.8, 4) is 0 Å². The van der Waals surface area contributed by atoms with Gasteiger partial charge in [0.25, 0.3) is 0 Å². The average molecular weight is 229 g/mol. The molecular weight excluding hydrogens is 214 g/mol. The molecule has 84 valence electrons. The van der Waals surface area contributed by atoms with Crippen LogP contribution in [0.1, 0.15) is 26.7 Å². The van der Waals surface area contributed by atoms with Gasteiger partial charge in [0.1, 0.15) is 11.0 Å². The van der Waals surface area contributed by atoms with Crippen LogP contribution in [-0.4, -0.2) is 28.8 Å². The highest BCUT2D eigenvalue weighted by Crippen LogP contribution is 2.22. The van der Waals surface area contributed by atoms with Crippen molar-refractivity contribution in [3.63, 3.8) is 0 Å². The predicted octanol–water partition coefficient (Wildman–Crippen LogP) is 1.68. The molecule has 1 N–H and O–H groups in total. The van der Waals surface area contributed by atoms with Crippen molar-refractivity contribution in [2.45, 2.75) is 32.2 Å². The molecule has 1 rings (SSSR count). The molecule has 6 heteroatoms. The van der Waals surface area contributed by atoms with Crippen LogP contribution in [0.5, 0.6) is 0 Å². The third-order valence-corrected chi connectivity index (χ3v) is 2.74. The average Bonchev–Trinajstić information content (AvgIpc) is 2.69. The summed E-state index contributed by atoms with van der Waals surface area (Å²) in [6, 6.07) is 0. The third-order valence-electron chi connectivity index (χ3n) is 2.13. The Balaban J connectivity index is 2.77. The highest BCUT2D eigenvalue weighted by atomic mass is 32.1. The van der Waals surface area contributed by atoms with E-state index in [2.05, 4.69) is 15.5 Å². The van der Waals surface area contributed by atoms with Gasteiger partial charge in [0.15, 0.2) is 0 Å². The van der Waals surface area contributed by atoms with Crippen LogP contribution < -0.4 is 5.32 Å². The summed E-state index contributed by atoms with van der Waals surface area (Å²) in [5.74, 6) is -0.278. The van der Waals surface area contributed by atoms with Gasteiger partial charge in [-0.1, -0.05) is 24.7 Å². The minimum absolute atomic E-state index is 0.278. The van der Waals surface area contributed by atoms with Crippen molar-refractivity contribution in [1.29, 1.82) is 0 Å². The lowest BCUT2D eigenvalue weighted by molar-refractivity contribution is -0.145. The molecule has 0 aromatic carbocycles. The molecule has 0 saturated carbocycles. The molecule has 1 heterocycles. The van der Waals surface area contributed by atoms with E-state index >= 15 is 0 Å². The molecule has 0 amide bonds. The van der Waals surface area contributed by atoms with Gasteiger partial charge in [-0.3, -0.25) is 0 Å². The fourth-order valence-corrected chi connectivity index (χ4v) is 1.98. The first-order chi connectivity index (χ1) is 7.12. The van der Waals surface area contributed by atoms with Gasteiger partial charge in [-0.05, 0) is 13.3 Å². The number of hydrogen-bond donors (Lipinski definition) is 1. The number of ether oxygens (including phenoxy) is 1. The van der Waals surface area contributed by atoms with Gasteiger partial charge in [-0.25, -0.2) is 4.79 Å². The Morgan fingerprint density at radius 1 is 1.73 bits per heavy atom. The second-order valence-electron chi connectivity index (χ2n) is 3.44. The van der Waals surface area contributed by atoms with Gasteiger partial charge in [0, 0.05) is 0 Å². The lowest BCUT2D eigenvalue weighted by Gasteiger charge is -2.26. The van der Waals surface area contributed by atoms with Gasteiger partial charge in [0.2, 0.25) is 5.13 Å². The summed E-state index contributed by atoms with van der Waals surface area (Å²) >= 11 is 1.36. The van der Waals surface area contributed by atoms with E-state index in [0.29, 0.717) is 11.6 Å². The molecule has 5 nitrogen and oxygen atoms in total. The van der Waals surface area contributed by atoms with Crippen LogP contribution in [0.4, 0.5) is 5.13 Å². The molecule has 1 aromatic rings. The summed E-state index contributed by atoms with van der Waals surface area (Å²) in [5.41, 5.74) is 0.898. The molecule has 15 heavy (non-hydrogen) atoms. The lowest BCUT2D eigenvalue weighted by atomic mass is 9.97. The molecule has 0 radical (unpaired) electrons. The Morgan fingerprint density at radius 3 is 2.93 bits per heavy atom. The monoisotopic (exact) mass is 229 g/mol. The van der Waals surface area contributed by atoms with Crippen LogP contribution in [-0.2, 0) is 9.53 Å². The minimum atomic E-state index is -0.719. The molecule has 0 fully saturated rings. The molecule has 1 atom stereocenters. The molecule has 1 unspecified atom stereocenters. The highest BCUT2D eigenvalue weighted by molar-refractivity contribution is 7.13. The number of nitrogens with zero attached hydrogens (tertiary/aromatic N) is 2. The fraction of sp³-hybridized carbons (Fsp3) is 0.667. The molecule has 0 aliphatic heterocycles. The van der Waals surface area contributed by atoms with Gasteiger partial charge in [0.05, 0.1) is 7.11 Å². The number of rotatable bonds is 5. The van der Waals surface area contributed by atoms with E-state index in [1.165, 1.54) is 18.4 Å². The first kappa shape index (κ1) is 11.9. The van der Waals surface area contributed by atoms with Crippen LogP contribution in [0.2, 0.25) is 0 Å². The van der Waals surface area contributed by atoms with E-state index in [1.54, 1.807) is 5.51 Å².